The Hall–Kier alpha value is -1.69. The topological polar surface area (TPSA) is 60.0 Å². The molecule has 0 bridgehead atoms. The molecule has 0 aliphatic heterocycles. The Morgan fingerprint density at radius 3 is 2.36 bits per heavy atom. The zero-order chi connectivity index (χ0) is 18.8. The van der Waals surface area contributed by atoms with E-state index in [1.807, 2.05) is 0 Å². The molecule has 25 heavy (non-hydrogen) atoms. The second-order valence-electron chi connectivity index (χ2n) is 8.24. The largest absolute Gasteiger partial charge is 0.339 e. The fourth-order valence-electron chi connectivity index (χ4n) is 3.05. The third-order valence-electron chi connectivity index (χ3n) is 4.36. The van der Waals surface area contributed by atoms with Crippen molar-refractivity contribution in [2.75, 3.05) is 6.54 Å². The molecule has 0 saturated carbocycles. The van der Waals surface area contributed by atoms with Crippen LogP contribution in [0.25, 0.3) is 0 Å². The number of aryl methyl sites for hydroxylation is 1. The second-order valence-corrected chi connectivity index (χ2v) is 8.24. The van der Waals surface area contributed by atoms with Crippen molar-refractivity contribution in [2.24, 2.45) is 5.92 Å². The van der Waals surface area contributed by atoms with Crippen LogP contribution in [0.1, 0.15) is 70.2 Å². The highest BCUT2D eigenvalue weighted by Gasteiger charge is 2.22. The Balaban J connectivity index is 2.12. The van der Waals surface area contributed by atoms with Crippen molar-refractivity contribution in [1.29, 1.82) is 0 Å². The monoisotopic (exact) mass is 347 g/mol. The van der Waals surface area contributed by atoms with Gasteiger partial charge in [-0.1, -0.05) is 25.9 Å². The SMILES string of the molecule is CCN(Cc1noc(CC(C)C)n1)Cc1c(C)nn(C(C)(C)C)c1C. The zero-order valence-electron chi connectivity index (χ0n) is 17.1. The van der Waals surface area contributed by atoms with Crippen molar-refractivity contribution in [2.45, 2.75) is 80.4 Å². The van der Waals surface area contributed by atoms with Gasteiger partial charge in [-0.3, -0.25) is 9.58 Å². The zero-order valence-corrected chi connectivity index (χ0v) is 17.1. The van der Waals surface area contributed by atoms with Gasteiger partial charge in [0, 0.05) is 24.2 Å². The van der Waals surface area contributed by atoms with E-state index >= 15 is 0 Å². The molecule has 0 aliphatic rings. The van der Waals surface area contributed by atoms with Crippen molar-refractivity contribution >= 4 is 0 Å². The Morgan fingerprint density at radius 2 is 1.84 bits per heavy atom. The molecule has 140 valence electrons. The summed E-state index contributed by atoms with van der Waals surface area (Å²) < 4.78 is 7.49. The van der Waals surface area contributed by atoms with Gasteiger partial charge in [-0.2, -0.15) is 10.1 Å². The summed E-state index contributed by atoms with van der Waals surface area (Å²) in [4.78, 5) is 6.86. The lowest BCUT2D eigenvalue weighted by atomic mass is 10.1. The molecular formula is C19H33N5O. The summed E-state index contributed by atoms with van der Waals surface area (Å²) in [5, 5.41) is 8.89. The highest BCUT2D eigenvalue weighted by atomic mass is 16.5. The van der Waals surface area contributed by atoms with E-state index in [2.05, 4.69) is 75.1 Å². The number of rotatable bonds is 7. The minimum atomic E-state index is -0.0104. The lowest BCUT2D eigenvalue weighted by Gasteiger charge is -2.22. The molecular weight excluding hydrogens is 314 g/mol. The van der Waals surface area contributed by atoms with E-state index < -0.39 is 0 Å². The molecule has 0 aromatic carbocycles. The predicted octanol–water partition coefficient (Wildman–Crippen LogP) is 3.86. The van der Waals surface area contributed by atoms with E-state index in [0.29, 0.717) is 12.5 Å². The first-order valence-electron chi connectivity index (χ1n) is 9.21. The molecule has 0 radical (unpaired) electrons. The Morgan fingerprint density at radius 1 is 1.16 bits per heavy atom. The van der Waals surface area contributed by atoms with Crippen molar-refractivity contribution in [1.82, 2.24) is 24.8 Å². The summed E-state index contributed by atoms with van der Waals surface area (Å²) in [6, 6.07) is 0. The molecule has 2 aromatic heterocycles. The van der Waals surface area contributed by atoms with Crippen LogP contribution in [0.5, 0.6) is 0 Å². The summed E-state index contributed by atoms with van der Waals surface area (Å²) in [6.45, 7) is 19.7. The first-order chi connectivity index (χ1) is 11.6. The normalized spacial score (nSPS) is 12.6. The van der Waals surface area contributed by atoms with Gasteiger partial charge in [0.15, 0.2) is 5.82 Å². The summed E-state index contributed by atoms with van der Waals surface area (Å²) in [7, 11) is 0. The molecule has 6 heteroatoms. The summed E-state index contributed by atoms with van der Waals surface area (Å²) in [5.74, 6) is 2.01. The van der Waals surface area contributed by atoms with E-state index in [1.54, 1.807) is 0 Å². The van der Waals surface area contributed by atoms with Gasteiger partial charge in [0.05, 0.1) is 17.8 Å². The van der Waals surface area contributed by atoms with Crippen molar-refractivity contribution < 1.29 is 4.52 Å². The molecule has 0 N–H and O–H groups in total. The van der Waals surface area contributed by atoms with Crippen molar-refractivity contribution in [3.8, 4) is 0 Å². The van der Waals surface area contributed by atoms with Gasteiger partial charge in [0.25, 0.3) is 0 Å². The molecule has 2 aromatic rings. The van der Waals surface area contributed by atoms with Crippen LogP contribution >= 0.6 is 0 Å². The molecule has 0 amide bonds. The van der Waals surface area contributed by atoms with E-state index in [4.69, 9.17) is 9.62 Å². The average Bonchev–Trinajstić information content (AvgIpc) is 3.04. The van der Waals surface area contributed by atoms with Crippen molar-refractivity contribution in [3.05, 3.63) is 28.7 Å². The highest BCUT2D eigenvalue weighted by molar-refractivity contribution is 5.25. The summed E-state index contributed by atoms with van der Waals surface area (Å²) in [5.41, 5.74) is 3.61. The Bertz CT molecular complexity index is 693. The summed E-state index contributed by atoms with van der Waals surface area (Å²) in [6.07, 6.45) is 0.829. The van der Waals surface area contributed by atoms with Crippen LogP contribution in [0.4, 0.5) is 0 Å². The van der Waals surface area contributed by atoms with Crippen LogP contribution < -0.4 is 0 Å². The maximum absolute atomic E-state index is 5.36. The Labute approximate surface area is 151 Å². The average molecular weight is 348 g/mol. The third kappa shape index (κ3) is 4.91. The number of nitrogens with zero attached hydrogens (tertiary/aromatic N) is 5. The molecule has 0 saturated heterocycles. The molecule has 0 atom stereocenters. The lowest BCUT2D eigenvalue weighted by molar-refractivity contribution is 0.257. The van der Waals surface area contributed by atoms with E-state index in [0.717, 1.165) is 36.9 Å². The highest BCUT2D eigenvalue weighted by Crippen LogP contribution is 2.23. The van der Waals surface area contributed by atoms with Gasteiger partial charge in [0.1, 0.15) is 0 Å². The van der Waals surface area contributed by atoms with Crippen LogP contribution in [0, 0.1) is 19.8 Å². The molecule has 0 spiro atoms. The lowest BCUT2D eigenvalue weighted by Crippen LogP contribution is -2.26. The minimum absolute atomic E-state index is 0.0104. The Kier molecular flexibility index (Phi) is 6.03. The quantitative estimate of drug-likeness (QED) is 0.761. The standard InChI is InChI=1S/C19H33N5O/c1-9-23(12-17-20-18(25-22-17)10-13(2)3)11-16-14(4)21-24(15(16)5)19(6,7)8/h13H,9-12H2,1-8H3. The van der Waals surface area contributed by atoms with Crippen LogP contribution in [-0.2, 0) is 25.0 Å². The smallest absolute Gasteiger partial charge is 0.226 e. The van der Waals surface area contributed by atoms with Crippen LogP contribution in [-0.4, -0.2) is 31.4 Å². The molecule has 6 nitrogen and oxygen atoms in total. The molecule has 2 heterocycles. The molecule has 2 rings (SSSR count). The van der Waals surface area contributed by atoms with Gasteiger partial charge in [-0.25, -0.2) is 0 Å². The summed E-state index contributed by atoms with van der Waals surface area (Å²) >= 11 is 0. The van der Waals surface area contributed by atoms with Crippen LogP contribution in [0.2, 0.25) is 0 Å². The van der Waals surface area contributed by atoms with Gasteiger partial charge in [-0.05, 0) is 47.1 Å². The van der Waals surface area contributed by atoms with Crippen LogP contribution in [0.15, 0.2) is 4.52 Å². The van der Waals surface area contributed by atoms with E-state index in [9.17, 15) is 0 Å². The maximum atomic E-state index is 5.36. The van der Waals surface area contributed by atoms with Gasteiger partial charge in [0.2, 0.25) is 5.89 Å². The fourth-order valence-corrected chi connectivity index (χ4v) is 3.05. The van der Waals surface area contributed by atoms with Gasteiger partial charge < -0.3 is 4.52 Å². The fraction of sp³-hybridized carbons (Fsp3) is 0.737. The molecule has 0 aliphatic carbocycles. The van der Waals surface area contributed by atoms with Crippen molar-refractivity contribution in [3.63, 3.8) is 0 Å². The first-order valence-corrected chi connectivity index (χ1v) is 9.21. The minimum Gasteiger partial charge on any atom is -0.339 e. The van der Waals surface area contributed by atoms with Gasteiger partial charge >= 0.3 is 0 Å². The number of aromatic nitrogens is 4. The second kappa shape index (κ2) is 7.68. The molecule has 0 fully saturated rings. The van der Waals surface area contributed by atoms with Gasteiger partial charge in [-0.15, -0.1) is 0 Å². The number of hydrogen-bond donors (Lipinski definition) is 0. The molecule has 0 unspecified atom stereocenters. The predicted molar refractivity (Wildman–Crippen MR) is 99.3 cm³/mol. The maximum Gasteiger partial charge on any atom is 0.226 e. The number of hydrogen-bond acceptors (Lipinski definition) is 5. The van der Waals surface area contributed by atoms with E-state index in [1.165, 1.54) is 11.3 Å². The van der Waals surface area contributed by atoms with E-state index in [-0.39, 0.29) is 5.54 Å². The first kappa shape index (κ1) is 19.6. The third-order valence-corrected chi connectivity index (χ3v) is 4.36. The van der Waals surface area contributed by atoms with Crippen LogP contribution in [0.3, 0.4) is 0 Å².